The van der Waals surface area contributed by atoms with Gasteiger partial charge in [-0.2, -0.15) is 0 Å². The maximum atomic E-state index is 11.1. The first kappa shape index (κ1) is 16.9. The van der Waals surface area contributed by atoms with Crippen LogP contribution in [0.4, 0.5) is 0 Å². The lowest BCUT2D eigenvalue weighted by atomic mass is 10.1. The van der Waals surface area contributed by atoms with Gasteiger partial charge in [0.1, 0.15) is 0 Å². The molecule has 2 atom stereocenters. The molecule has 0 aromatic carbocycles. The summed E-state index contributed by atoms with van der Waals surface area (Å²) in [5.74, 6) is -1.38. The molecule has 0 aliphatic rings. The van der Waals surface area contributed by atoms with Crippen LogP contribution in [0.25, 0.3) is 0 Å². The van der Waals surface area contributed by atoms with E-state index in [-0.39, 0.29) is 25.7 Å². The highest BCUT2D eigenvalue weighted by atomic mass is 17.2. The Morgan fingerprint density at radius 3 is 1.50 bits per heavy atom. The van der Waals surface area contributed by atoms with Crippen LogP contribution < -0.4 is 0 Å². The van der Waals surface area contributed by atoms with Crippen LogP contribution >= 0.6 is 0 Å². The molecular weight excluding hydrogens is 240 g/mol. The van der Waals surface area contributed by atoms with E-state index in [2.05, 4.69) is 9.78 Å². The van der Waals surface area contributed by atoms with Crippen molar-refractivity contribution in [2.45, 2.75) is 64.6 Å². The van der Waals surface area contributed by atoms with Crippen molar-refractivity contribution in [1.29, 1.82) is 0 Å². The molecule has 0 saturated heterocycles. The second-order valence-corrected chi connectivity index (χ2v) is 4.11. The van der Waals surface area contributed by atoms with Gasteiger partial charge in [0.05, 0.1) is 25.0 Å². The van der Waals surface area contributed by atoms with Crippen LogP contribution in [-0.4, -0.2) is 34.4 Å². The second kappa shape index (κ2) is 9.85. The number of aliphatic hydroxyl groups excluding tert-OH is 2. The van der Waals surface area contributed by atoms with Gasteiger partial charge in [0.25, 0.3) is 0 Å². The van der Waals surface area contributed by atoms with E-state index in [1.165, 1.54) is 0 Å². The molecule has 2 unspecified atom stereocenters. The molecule has 6 nitrogen and oxygen atoms in total. The normalized spacial score (nSPS) is 13.8. The lowest BCUT2D eigenvalue weighted by Crippen LogP contribution is -2.15. The summed E-state index contributed by atoms with van der Waals surface area (Å²) < 4.78 is 0. The van der Waals surface area contributed by atoms with Gasteiger partial charge in [0.2, 0.25) is 0 Å². The average Bonchev–Trinajstić information content (AvgIpc) is 2.39. The third-order valence-corrected chi connectivity index (χ3v) is 2.53. The van der Waals surface area contributed by atoms with Crippen LogP contribution in [0.15, 0.2) is 0 Å². The lowest BCUT2D eigenvalue weighted by molar-refractivity contribution is -0.259. The summed E-state index contributed by atoms with van der Waals surface area (Å²) in [6.07, 6.45) is 0.577. The first-order valence-electron chi connectivity index (χ1n) is 6.25. The number of carbonyl (C=O) groups excluding carboxylic acids is 2. The zero-order valence-electron chi connectivity index (χ0n) is 10.9. The van der Waals surface area contributed by atoms with Gasteiger partial charge >= 0.3 is 11.9 Å². The molecule has 0 aliphatic carbocycles. The smallest absolute Gasteiger partial charge is 0.355 e. The van der Waals surface area contributed by atoms with Crippen LogP contribution in [0.1, 0.15) is 52.4 Å². The monoisotopic (exact) mass is 262 g/mol. The molecule has 0 radical (unpaired) electrons. The van der Waals surface area contributed by atoms with Crippen molar-refractivity contribution in [1.82, 2.24) is 0 Å². The first-order valence-corrected chi connectivity index (χ1v) is 6.25. The largest absolute Gasteiger partial charge is 0.393 e. The minimum absolute atomic E-state index is 0.000127. The summed E-state index contributed by atoms with van der Waals surface area (Å²) in [6, 6.07) is 0. The first-order chi connectivity index (χ1) is 8.49. The van der Waals surface area contributed by atoms with Crippen molar-refractivity contribution in [3.8, 4) is 0 Å². The highest BCUT2D eigenvalue weighted by Gasteiger charge is 2.13. The van der Waals surface area contributed by atoms with Gasteiger partial charge in [-0.05, 0) is 25.7 Å². The van der Waals surface area contributed by atoms with Crippen LogP contribution in [0.2, 0.25) is 0 Å². The molecule has 106 valence electrons. The van der Waals surface area contributed by atoms with Gasteiger partial charge in [-0.15, -0.1) is 0 Å². The minimum Gasteiger partial charge on any atom is -0.393 e. The van der Waals surface area contributed by atoms with Gasteiger partial charge in [-0.1, -0.05) is 13.8 Å². The molecular formula is C12H22O6. The number of carbonyl (C=O) groups is 2. The molecule has 6 heteroatoms. The van der Waals surface area contributed by atoms with Crippen LogP contribution in [0.5, 0.6) is 0 Å². The highest BCUT2D eigenvalue weighted by Crippen LogP contribution is 2.05. The predicted octanol–water partition coefficient (Wildman–Crippen LogP) is 1.09. The molecule has 0 fully saturated rings. The number of aliphatic hydroxyl groups is 2. The maximum absolute atomic E-state index is 11.1. The van der Waals surface area contributed by atoms with E-state index in [4.69, 9.17) is 0 Å². The van der Waals surface area contributed by atoms with E-state index in [9.17, 15) is 19.8 Å². The van der Waals surface area contributed by atoms with Crippen molar-refractivity contribution in [2.75, 3.05) is 0 Å². The molecule has 0 spiro atoms. The van der Waals surface area contributed by atoms with Crippen molar-refractivity contribution in [3.05, 3.63) is 0 Å². The predicted molar refractivity (Wildman–Crippen MR) is 63.2 cm³/mol. The molecule has 2 N–H and O–H groups in total. The Kier molecular flexibility index (Phi) is 9.22. The minimum atomic E-state index is -0.688. The Bertz CT molecular complexity index is 227. The third kappa shape index (κ3) is 8.95. The third-order valence-electron chi connectivity index (χ3n) is 2.53. The zero-order chi connectivity index (χ0) is 14.0. The average molecular weight is 262 g/mol. The van der Waals surface area contributed by atoms with Gasteiger partial charge in [-0.25, -0.2) is 19.4 Å². The fourth-order valence-corrected chi connectivity index (χ4v) is 1.15. The molecule has 0 bridgehead atoms. The van der Waals surface area contributed by atoms with E-state index in [1.54, 1.807) is 13.8 Å². The van der Waals surface area contributed by atoms with Crippen LogP contribution in [-0.2, 0) is 19.4 Å². The van der Waals surface area contributed by atoms with E-state index >= 15 is 0 Å². The molecule has 0 aromatic rings. The van der Waals surface area contributed by atoms with E-state index in [0.29, 0.717) is 12.8 Å². The summed E-state index contributed by atoms with van der Waals surface area (Å²) >= 11 is 0. The van der Waals surface area contributed by atoms with Crippen molar-refractivity contribution >= 4 is 11.9 Å². The van der Waals surface area contributed by atoms with E-state index < -0.39 is 24.1 Å². The molecule has 0 saturated carbocycles. The molecule has 0 amide bonds. The summed E-state index contributed by atoms with van der Waals surface area (Å²) in [5, 5.41) is 18.4. The number of hydrogen-bond acceptors (Lipinski definition) is 6. The summed E-state index contributed by atoms with van der Waals surface area (Å²) in [6.45, 7) is 3.60. The van der Waals surface area contributed by atoms with Crippen molar-refractivity contribution < 1.29 is 29.6 Å². The van der Waals surface area contributed by atoms with Crippen LogP contribution in [0.3, 0.4) is 0 Å². The Morgan fingerprint density at radius 1 is 0.889 bits per heavy atom. The lowest BCUT2D eigenvalue weighted by Gasteiger charge is -2.07. The Morgan fingerprint density at radius 2 is 1.22 bits per heavy atom. The fourth-order valence-electron chi connectivity index (χ4n) is 1.15. The molecule has 0 rings (SSSR count). The molecule has 0 aliphatic heterocycles. The standard InChI is InChI=1S/C12H22O6/c1-3-9(13)5-7-11(15)17-18-12(16)8-6-10(14)4-2/h9-10,13-14H,3-8H2,1-2H3. The molecule has 0 aromatic heterocycles. The van der Waals surface area contributed by atoms with Crippen LogP contribution in [0, 0.1) is 0 Å². The highest BCUT2D eigenvalue weighted by molar-refractivity contribution is 5.72. The Labute approximate surface area is 107 Å². The van der Waals surface area contributed by atoms with Crippen molar-refractivity contribution in [3.63, 3.8) is 0 Å². The van der Waals surface area contributed by atoms with Gasteiger partial charge in [-0.3, -0.25) is 0 Å². The van der Waals surface area contributed by atoms with Gasteiger partial charge in [0, 0.05) is 0 Å². The Balaban J connectivity index is 3.62. The quantitative estimate of drug-likeness (QED) is 0.502. The van der Waals surface area contributed by atoms with Gasteiger partial charge in [0.15, 0.2) is 0 Å². The van der Waals surface area contributed by atoms with E-state index in [1.807, 2.05) is 0 Å². The summed E-state index contributed by atoms with van der Waals surface area (Å²) in [5.41, 5.74) is 0. The van der Waals surface area contributed by atoms with Gasteiger partial charge < -0.3 is 10.2 Å². The zero-order valence-corrected chi connectivity index (χ0v) is 10.9. The fraction of sp³-hybridized carbons (Fsp3) is 0.833. The molecule has 18 heavy (non-hydrogen) atoms. The SMILES string of the molecule is CCC(O)CCC(=O)OOC(=O)CCC(O)CC. The second-order valence-electron chi connectivity index (χ2n) is 4.11. The van der Waals surface area contributed by atoms with E-state index in [0.717, 1.165) is 0 Å². The van der Waals surface area contributed by atoms with Crippen molar-refractivity contribution in [2.24, 2.45) is 0 Å². The summed E-state index contributed by atoms with van der Waals surface area (Å²) in [4.78, 5) is 30.8. The Hall–Kier alpha value is -1.14. The molecule has 0 heterocycles. The topological polar surface area (TPSA) is 93.1 Å². The number of rotatable bonds is 8. The summed E-state index contributed by atoms with van der Waals surface area (Å²) in [7, 11) is 0. The maximum Gasteiger partial charge on any atom is 0.355 e. The number of hydrogen-bond donors (Lipinski definition) is 2.